The lowest BCUT2D eigenvalue weighted by molar-refractivity contribution is -0.161. The number of aliphatic hydroxyl groups excluding tert-OH is 1. The van der Waals surface area contributed by atoms with Gasteiger partial charge in [-0.25, -0.2) is 9.13 Å². The highest BCUT2D eigenvalue weighted by Gasteiger charge is 2.30. The van der Waals surface area contributed by atoms with E-state index in [0.717, 1.165) is 127 Å². The quantitative estimate of drug-likeness (QED) is 0.0169. The standard InChI is InChI=1S/C82H156O17P2/c1-8-11-12-13-14-15-16-17-19-27-32-37-42-51-58-65-81(86)98-77(69-92-79(84)63-56-49-41-36-31-26-21-18-20-24-29-34-39-46-53-60-73(4)5)71-96-100(88,89)94-67-76(83)68-95-101(90,91)97-72-78(70-93-80(85)64-57-50-45-44-48-55-62-75(7)10-3)99-82(87)66-59-52-43-38-33-28-23-22-25-30-35-40-47-54-61-74(6)9-2/h15-17,19,73-78,83H,8-14,18,20-72H2,1-7H3,(H,88,89)(H,90,91)/b16-15-,19-17-/t74?,75?,76-,77-,78-/m1/s1. The molecule has 0 radical (unpaired) electrons. The molecule has 0 aliphatic heterocycles. The van der Waals surface area contributed by atoms with E-state index in [2.05, 4.69) is 72.8 Å². The van der Waals surface area contributed by atoms with Gasteiger partial charge in [0.25, 0.3) is 0 Å². The van der Waals surface area contributed by atoms with Crippen LogP contribution >= 0.6 is 15.6 Å². The van der Waals surface area contributed by atoms with E-state index in [-0.39, 0.29) is 25.7 Å². The van der Waals surface area contributed by atoms with E-state index < -0.39 is 97.5 Å². The summed E-state index contributed by atoms with van der Waals surface area (Å²) in [6, 6.07) is 0. The maximum atomic E-state index is 13.1. The molecule has 0 saturated heterocycles. The van der Waals surface area contributed by atoms with Crippen LogP contribution < -0.4 is 0 Å². The molecule has 0 spiro atoms. The summed E-state index contributed by atoms with van der Waals surface area (Å²) in [5.74, 6) is 0.237. The number of ether oxygens (including phenoxy) is 4. The maximum absolute atomic E-state index is 13.1. The van der Waals surface area contributed by atoms with Crippen molar-refractivity contribution in [3.63, 3.8) is 0 Å². The molecule has 0 amide bonds. The van der Waals surface area contributed by atoms with Gasteiger partial charge in [-0.05, 0) is 69.1 Å². The van der Waals surface area contributed by atoms with Crippen LogP contribution in [0.4, 0.5) is 0 Å². The van der Waals surface area contributed by atoms with Crippen molar-refractivity contribution < 1.29 is 80.2 Å². The lowest BCUT2D eigenvalue weighted by Gasteiger charge is -2.21. The number of unbranched alkanes of at least 4 members (excludes halogenated alkanes) is 41. The molecular weight excluding hydrogens is 1320 g/mol. The van der Waals surface area contributed by atoms with Crippen LogP contribution in [0, 0.1) is 17.8 Å². The normalized spacial score (nSPS) is 14.6. The molecule has 7 atom stereocenters. The van der Waals surface area contributed by atoms with Gasteiger partial charge in [-0.15, -0.1) is 0 Å². The van der Waals surface area contributed by atoms with E-state index in [9.17, 15) is 43.2 Å². The summed E-state index contributed by atoms with van der Waals surface area (Å²) in [6.07, 6.45) is 63.2. The Hall–Kier alpha value is -2.46. The lowest BCUT2D eigenvalue weighted by Crippen LogP contribution is -2.30. The Labute approximate surface area is 618 Å². The van der Waals surface area contributed by atoms with Gasteiger partial charge in [0.1, 0.15) is 19.3 Å². The first-order chi connectivity index (χ1) is 48.8. The molecule has 0 rings (SSSR count). The first-order valence-electron chi connectivity index (χ1n) is 41.7. The summed E-state index contributed by atoms with van der Waals surface area (Å²) >= 11 is 0. The number of carbonyl (C=O) groups excluding carboxylic acids is 4. The van der Waals surface area contributed by atoms with Gasteiger partial charge in [0.2, 0.25) is 0 Å². The fourth-order valence-electron chi connectivity index (χ4n) is 12.1. The average molecular weight is 1480 g/mol. The van der Waals surface area contributed by atoms with E-state index in [4.69, 9.17) is 37.0 Å². The molecule has 0 bridgehead atoms. The van der Waals surface area contributed by atoms with Crippen molar-refractivity contribution in [3.05, 3.63) is 24.3 Å². The molecule has 0 aliphatic carbocycles. The fraction of sp³-hybridized carbons (Fsp3) is 0.902. The summed E-state index contributed by atoms with van der Waals surface area (Å²) in [5.41, 5.74) is 0. The monoisotopic (exact) mass is 1480 g/mol. The number of phosphoric ester groups is 2. The topological polar surface area (TPSA) is 237 Å². The van der Waals surface area contributed by atoms with Crippen LogP contribution in [0.25, 0.3) is 0 Å². The number of rotatable bonds is 78. The van der Waals surface area contributed by atoms with Crippen molar-refractivity contribution in [2.45, 2.75) is 420 Å². The largest absolute Gasteiger partial charge is 0.472 e. The highest BCUT2D eigenvalue weighted by atomic mass is 31.2. The van der Waals surface area contributed by atoms with Gasteiger partial charge in [0.15, 0.2) is 12.2 Å². The summed E-state index contributed by atoms with van der Waals surface area (Å²) in [5, 5.41) is 10.6. The first kappa shape index (κ1) is 98.5. The molecule has 0 aromatic heterocycles. The smallest absolute Gasteiger partial charge is 0.462 e. The van der Waals surface area contributed by atoms with Crippen LogP contribution in [-0.2, 0) is 65.4 Å². The van der Waals surface area contributed by atoms with Gasteiger partial charge in [-0.2, -0.15) is 0 Å². The van der Waals surface area contributed by atoms with Gasteiger partial charge in [0, 0.05) is 25.7 Å². The van der Waals surface area contributed by atoms with Gasteiger partial charge >= 0.3 is 39.5 Å². The van der Waals surface area contributed by atoms with Crippen molar-refractivity contribution in [2.24, 2.45) is 17.8 Å². The van der Waals surface area contributed by atoms with Crippen LogP contribution in [0.1, 0.15) is 402 Å². The minimum atomic E-state index is -4.97. The zero-order valence-corrected chi connectivity index (χ0v) is 67.6. The molecule has 3 N–H and O–H groups in total. The van der Waals surface area contributed by atoms with Crippen molar-refractivity contribution in [1.82, 2.24) is 0 Å². The van der Waals surface area contributed by atoms with Crippen LogP contribution in [0.2, 0.25) is 0 Å². The van der Waals surface area contributed by atoms with Crippen LogP contribution in [0.5, 0.6) is 0 Å². The molecular formula is C82H156O17P2. The predicted molar refractivity (Wildman–Crippen MR) is 414 cm³/mol. The van der Waals surface area contributed by atoms with Gasteiger partial charge in [-0.3, -0.25) is 37.3 Å². The van der Waals surface area contributed by atoms with Crippen LogP contribution in [0.15, 0.2) is 24.3 Å². The second-order valence-electron chi connectivity index (χ2n) is 29.8. The number of allylic oxidation sites excluding steroid dienone is 4. The highest BCUT2D eigenvalue weighted by molar-refractivity contribution is 7.47. The third-order valence-electron chi connectivity index (χ3n) is 19.2. The summed E-state index contributed by atoms with van der Waals surface area (Å²) in [6.45, 7) is 11.9. The second-order valence-corrected chi connectivity index (χ2v) is 32.7. The minimum absolute atomic E-state index is 0.0851. The average Bonchev–Trinajstić information content (AvgIpc) is 0.993. The van der Waals surface area contributed by atoms with Crippen molar-refractivity contribution >= 4 is 39.5 Å². The molecule has 596 valence electrons. The van der Waals surface area contributed by atoms with E-state index in [1.165, 1.54) is 193 Å². The van der Waals surface area contributed by atoms with E-state index in [1.54, 1.807) is 0 Å². The number of hydrogen-bond acceptors (Lipinski definition) is 15. The third-order valence-corrected chi connectivity index (χ3v) is 21.1. The lowest BCUT2D eigenvalue weighted by atomic mass is 9.99. The van der Waals surface area contributed by atoms with Crippen molar-refractivity contribution in [2.75, 3.05) is 39.6 Å². The zero-order chi connectivity index (χ0) is 74.4. The third kappa shape index (κ3) is 72.9. The molecule has 0 aliphatic rings. The first-order valence-corrected chi connectivity index (χ1v) is 44.7. The Morgan fingerprint density at radius 3 is 0.881 bits per heavy atom. The molecule has 17 nitrogen and oxygen atoms in total. The summed E-state index contributed by atoms with van der Waals surface area (Å²) in [4.78, 5) is 73.0. The number of phosphoric acid groups is 2. The Morgan fingerprint density at radius 2 is 0.584 bits per heavy atom. The van der Waals surface area contributed by atoms with Crippen molar-refractivity contribution in [3.8, 4) is 0 Å². The highest BCUT2D eigenvalue weighted by Crippen LogP contribution is 2.45. The fourth-order valence-corrected chi connectivity index (χ4v) is 13.6. The molecule has 0 saturated carbocycles. The zero-order valence-electron chi connectivity index (χ0n) is 65.9. The molecule has 0 heterocycles. The summed E-state index contributed by atoms with van der Waals surface area (Å²) in [7, 11) is -9.94. The minimum Gasteiger partial charge on any atom is -0.462 e. The molecule has 19 heteroatoms. The second kappa shape index (κ2) is 71.8. The Balaban J connectivity index is 5.27. The molecule has 0 aromatic carbocycles. The van der Waals surface area contributed by atoms with Gasteiger partial charge in [-0.1, -0.05) is 349 Å². The number of hydrogen-bond donors (Lipinski definition) is 3. The summed E-state index contributed by atoms with van der Waals surface area (Å²) < 4.78 is 68.7. The number of aliphatic hydroxyl groups is 1. The van der Waals surface area contributed by atoms with Crippen LogP contribution in [-0.4, -0.2) is 96.7 Å². The Morgan fingerprint density at radius 1 is 0.327 bits per heavy atom. The number of carbonyl (C=O) groups is 4. The van der Waals surface area contributed by atoms with Gasteiger partial charge < -0.3 is 33.8 Å². The van der Waals surface area contributed by atoms with Crippen molar-refractivity contribution in [1.29, 1.82) is 0 Å². The Kier molecular flexibility index (Phi) is 70.0. The predicted octanol–water partition coefficient (Wildman–Crippen LogP) is 24.1. The van der Waals surface area contributed by atoms with E-state index >= 15 is 0 Å². The maximum Gasteiger partial charge on any atom is 0.472 e. The van der Waals surface area contributed by atoms with E-state index in [1.807, 2.05) is 0 Å². The Bertz CT molecular complexity index is 2060. The molecule has 0 fully saturated rings. The molecule has 0 aromatic rings. The number of esters is 4. The van der Waals surface area contributed by atoms with Gasteiger partial charge in [0.05, 0.1) is 26.4 Å². The molecule has 4 unspecified atom stereocenters. The van der Waals surface area contributed by atoms with E-state index in [0.29, 0.717) is 25.7 Å². The molecule has 101 heavy (non-hydrogen) atoms. The van der Waals surface area contributed by atoms with Crippen LogP contribution in [0.3, 0.4) is 0 Å². The SMILES string of the molecule is CCCCCC/C=C\C=C/CCCCCCCC(=O)O[C@H](COC(=O)CCCCCCCCCCCCCCCCCC(C)C)COP(=O)(O)OC[C@@H](O)COP(=O)(O)OC[C@@H](COC(=O)CCCCCCCCC(C)CC)OC(=O)CCCCCCCCCCCCCCCCC(C)CC.